The van der Waals surface area contributed by atoms with Crippen molar-refractivity contribution in [3.05, 3.63) is 59.4 Å². The van der Waals surface area contributed by atoms with Gasteiger partial charge in [-0.1, -0.05) is 6.07 Å². The van der Waals surface area contributed by atoms with Gasteiger partial charge in [0.05, 0.1) is 20.3 Å². The van der Waals surface area contributed by atoms with Gasteiger partial charge in [0.25, 0.3) is 5.91 Å². The van der Waals surface area contributed by atoms with Crippen LogP contribution >= 0.6 is 0 Å². The third kappa shape index (κ3) is 4.61. The average molecular weight is 388 g/mol. The van der Waals surface area contributed by atoms with E-state index in [1.54, 1.807) is 43.4 Å². The molecule has 1 saturated heterocycles. The molecule has 1 unspecified atom stereocenters. The van der Waals surface area contributed by atoms with Gasteiger partial charge in [0, 0.05) is 43.9 Å². The summed E-state index contributed by atoms with van der Waals surface area (Å²) < 4.78 is 23.9. The molecule has 6 nitrogen and oxygen atoms in total. The fourth-order valence-electron chi connectivity index (χ4n) is 3.38. The second-order valence-corrected chi connectivity index (χ2v) is 6.73. The highest BCUT2D eigenvalue weighted by Gasteiger charge is 2.25. The first-order valence-electron chi connectivity index (χ1n) is 9.19. The van der Waals surface area contributed by atoms with Crippen LogP contribution in [0.15, 0.2) is 42.5 Å². The number of piperazine rings is 1. The number of hydrogen-bond donors (Lipinski definition) is 1. The fraction of sp³-hybridized carbons (Fsp3) is 0.381. The van der Waals surface area contributed by atoms with Crippen LogP contribution in [0.5, 0.6) is 11.5 Å². The Labute approximate surface area is 164 Å². The standard InChI is InChI=1S/C21H25FN2O4/c1-27-17-6-7-20(28-2)18(13-17)19(25)14-23-8-10-24(11-9-23)21(26)15-4-3-5-16(22)12-15/h3-7,12-13,19,25H,8-11,14H2,1-2H3. The molecule has 3 rings (SSSR count). The maximum atomic E-state index is 13.4. The highest BCUT2D eigenvalue weighted by molar-refractivity contribution is 5.94. The number of ether oxygens (including phenoxy) is 2. The molecule has 1 atom stereocenters. The van der Waals surface area contributed by atoms with E-state index in [0.29, 0.717) is 55.3 Å². The van der Waals surface area contributed by atoms with Gasteiger partial charge in [0.15, 0.2) is 0 Å². The first-order chi connectivity index (χ1) is 13.5. The second kappa shape index (κ2) is 9.03. The summed E-state index contributed by atoms with van der Waals surface area (Å²) >= 11 is 0. The normalized spacial score (nSPS) is 15.9. The molecule has 1 aliphatic rings. The van der Waals surface area contributed by atoms with Crippen molar-refractivity contribution in [2.75, 3.05) is 46.9 Å². The lowest BCUT2D eigenvalue weighted by Crippen LogP contribution is -2.49. The van der Waals surface area contributed by atoms with Crippen molar-refractivity contribution in [1.29, 1.82) is 0 Å². The van der Waals surface area contributed by atoms with E-state index < -0.39 is 11.9 Å². The largest absolute Gasteiger partial charge is 0.497 e. The van der Waals surface area contributed by atoms with Crippen LogP contribution in [0.1, 0.15) is 22.0 Å². The van der Waals surface area contributed by atoms with Crippen LogP contribution in [-0.2, 0) is 0 Å². The number of nitrogens with zero attached hydrogens (tertiary/aromatic N) is 2. The first kappa shape index (κ1) is 20.1. The molecular formula is C21H25FN2O4. The van der Waals surface area contributed by atoms with Gasteiger partial charge in [0.2, 0.25) is 0 Å². The summed E-state index contributed by atoms with van der Waals surface area (Å²) in [7, 11) is 3.14. The molecule has 1 amide bonds. The summed E-state index contributed by atoms with van der Waals surface area (Å²) in [6.07, 6.45) is -0.740. The van der Waals surface area contributed by atoms with Crippen LogP contribution in [0.4, 0.5) is 4.39 Å². The predicted molar refractivity (Wildman–Crippen MR) is 103 cm³/mol. The molecule has 0 saturated carbocycles. The minimum atomic E-state index is -0.740. The first-order valence-corrected chi connectivity index (χ1v) is 9.19. The third-order valence-corrected chi connectivity index (χ3v) is 4.96. The van der Waals surface area contributed by atoms with Gasteiger partial charge in [-0.25, -0.2) is 4.39 Å². The van der Waals surface area contributed by atoms with Crippen LogP contribution in [-0.4, -0.2) is 67.8 Å². The molecule has 7 heteroatoms. The number of carbonyl (C=O) groups excluding carboxylic acids is 1. The van der Waals surface area contributed by atoms with Crippen molar-refractivity contribution in [1.82, 2.24) is 9.80 Å². The molecule has 1 fully saturated rings. The van der Waals surface area contributed by atoms with Crippen LogP contribution in [0.25, 0.3) is 0 Å². The number of aliphatic hydroxyl groups excluding tert-OH is 1. The van der Waals surface area contributed by atoms with Crippen LogP contribution in [0.2, 0.25) is 0 Å². The Morgan fingerprint density at radius 1 is 1.11 bits per heavy atom. The second-order valence-electron chi connectivity index (χ2n) is 6.73. The van der Waals surface area contributed by atoms with Gasteiger partial charge < -0.3 is 19.5 Å². The van der Waals surface area contributed by atoms with Crippen molar-refractivity contribution in [2.24, 2.45) is 0 Å². The maximum absolute atomic E-state index is 13.4. The summed E-state index contributed by atoms with van der Waals surface area (Å²) in [6, 6.07) is 11.1. The van der Waals surface area contributed by atoms with E-state index in [-0.39, 0.29) is 5.91 Å². The molecule has 2 aromatic rings. The Bertz CT molecular complexity index is 822. The van der Waals surface area contributed by atoms with Crippen LogP contribution in [0, 0.1) is 5.82 Å². The third-order valence-electron chi connectivity index (χ3n) is 4.96. The van der Waals surface area contributed by atoms with E-state index in [0.717, 1.165) is 0 Å². The van der Waals surface area contributed by atoms with E-state index in [1.165, 1.54) is 18.2 Å². The Morgan fingerprint density at radius 2 is 1.86 bits per heavy atom. The number of rotatable bonds is 6. The molecule has 1 aliphatic heterocycles. The summed E-state index contributed by atoms with van der Waals surface area (Å²) in [5, 5.41) is 10.7. The van der Waals surface area contributed by atoms with Gasteiger partial charge in [0.1, 0.15) is 17.3 Å². The number of amides is 1. The van der Waals surface area contributed by atoms with E-state index in [4.69, 9.17) is 9.47 Å². The molecule has 0 spiro atoms. The lowest BCUT2D eigenvalue weighted by atomic mass is 10.1. The Hall–Kier alpha value is -2.64. The van der Waals surface area contributed by atoms with E-state index in [2.05, 4.69) is 4.90 Å². The summed E-state index contributed by atoms with van der Waals surface area (Å²) in [5.74, 6) is 0.669. The van der Waals surface area contributed by atoms with Gasteiger partial charge in [-0.05, 0) is 36.4 Å². The zero-order chi connectivity index (χ0) is 20.1. The van der Waals surface area contributed by atoms with Crippen molar-refractivity contribution in [2.45, 2.75) is 6.10 Å². The Balaban J connectivity index is 1.59. The quantitative estimate of drug-likeness (QED) is 0.823. The monoisotopic (exact) mass is 388 g/mol. The van der Waals surface area contributed by atoms with Gasteiger partial charge in [-0.3, -0.25) is 9.69 Å². The summed E-state index contributed by atoms with van der Waals surface area (Å²) in [4.78, 5) is 16.3. The van der Waals surface area contributed by atoms with Gasteiger partial charge in [-0.2, -0.15) is 0 Å². The molecule has 1 N–H and O–H groups in total. The molecule has 1 heterocycles. The minimum absolute atomic E-state index is 0.172. The highest BCUT2D eigenvalue weighted by atomic mass is 19.1. The van der Waals surface area contributed by atoms with Crippen LogP contribution in [0.3, 0.4) is 0 Å². The van der Waals surface area contributed by atoms with E-state index in [9.17, 15) is 14.3 Å². The molecular weight excluding hydrogens is 363 g/mol. The maximum Gasteiger partial charge on any atom is 0.254 e. The molecule has 0 radical (unpaired) electrons. The van der Waals surface area contributed by atoms with Crippen LogP contribution < -0.4 is 9.47 Å². The fourth-order valence-corrected chi connectivity index (χ4v) is 3.38. The lowest BCUT2D eigenvalue weighted by Gasteiger charge is -2.35. The predicted octanol–water partition coefficient (Wildman–Crippen LogP) is 2.33. The summed E-state index contributed by atoms with van der Waals surface area (Å²) in [6.45, 7) is 2.73. The number of carbonyl (C=O) groups is 1. The van der Waals surface area contributed by atoms with Crippen molar-refractivity contribution in [3.63, 3.8) is 0 Å². The number of β-amino-alcohol motifs (C(OH)–C–C–N with tert-alkyl or cyclic N) is 1. The molecule has 150 valence electrons. The number of aliphatic hydroxyl groups is 1. The van der Waals surface area contributed by atoms with Gasteiger partial charge in [-0.15, -0.1) is 0 Å². The topological polar surface area (TPSA) is 62.2 Å². The number of benzene rings is 2. The number of methoxy groups -OCH3 is 2. The molecule has 28 heavy (non-hydrogen) atoms. The highest BCUT2D eigenvalue weighted by Crippen LogP contribution is 2.30. The zero-order valence-corrected chi connectivity index (χ0v) is 16.1. The average Bonchev–Trinajstić information content (AvgIpc) is 2.73. The van der Waals surface area contributed by atoms with Gasteiger partial charge >= 0.3 is 0 Å². The SMILES string of the molecule is COc1ccc(OC)c(C(O)CN2CCN(C(=O)c3cccc(F)c3)CC2)c1. The molecule has 0 aromatic heterocycles. The Kier molecular flexibility index (Phi) is 6.49. The molecule has 2 aromatic carbocycles. The van der Waals surface area contributed by atoms with Crippen molar-refractivity contribution >= 4 is 5.91 Å². The van der Waals surface area contributed by atoms with E-state index >= 15 is 0 Å². The lowest BCUT2D eigenvalue weighted by molar-refractivity contribution is 0.0523. The zero-order valence-electron chi connectivity index (χ0n) is 16.1. The number of halogens is 1. The number of hydrogen-bond acceptors (Lipinski definition) is 5. The summed E-state index contributed by atoms with van der Waals surface area (Å²) in [5.41, 5.74) is 1.02. The van der Waals surface area contributed by atoms with Crippen molar-refractivity contribution in [3.8, 4) is 11.5 Å². The van der Waals surface area contributed by atoms with Crippen molar-refractivity contribution < 1.29 is 23.8 Å². The van der Waals surface area contributed by atoms with E-state index in [1.807, 2.05) is 0 Å². The Morgan fingerprint density at radius 3 is 2.50 bits per heavy atom. The minimum Gasteiger partial charge on any atom is -0.497 e. The molecule has 0 bridgehead atoms. The molecule has 0 aliphatic carbocycles. The smallest absolute Gasteiger partial charge is 0.254 e.